The third-order valence-electron chi connectivity index (χ3n) is 3.53. The molecule has 148 valence electrons. The Kier molecular flexibility index (Phi) is 7.09. The summed E-state index contributed by atoms with van der Waals surface area (Å²) in [7, 11) is 1.42. The molecule has 2 rings (SSSR count). The van der Waals surface area contributed by atoms with E-state index in [9.17, 15) is 18.0 Å². The SMILES string of the molecule is COc1cc(C#N)ccc1OCC(=O)NCCOc1ccc(C(F)(F)F)cc1. The lowest BCUT2D eigenvalue weighted by Gasteiger charge is -2.12. The van der Waals surface area contributed by atoms with Crippen LogP contribution in [0.2, 0.25) is 0 Å². The zero-order valence-corrected chi connectivity index (χ0v) is 14.9. The summed E-state index contributed by atoms with van der Waals surface area (Å²) in [5.74, 6) is 0.499. The molecule has 28 heavy (non-hydrogen) atoms. The molecule has 0 atom stereocenters. The molecular formula is C19H17F3N2O4. The predicted molar refractivity (Wildman–Crippen MR) is 93.2 cm³/mol. The monoisotopic (exact) mass is 394 g/mol. The van der Waals surface area contributed by atoms with E-state index in [0.29, 0.717) is 17.1 Å². The number of nitriles is 1. The van der Waals surface area contributed by atoms with Crippen LogP contribution in [0.5, 0.6) is 17.2 Å². The Morgan fingerprint density at radius 2 is 1.82 bits per heavy atom. The third-order valence-corrected chi connectivity index (χ3v) is 3.53. The quantitative estimate of drug-likeness (QED) is 0.696. The Morgan fingerprint density at radius 1 is 1.11 bits per heavy atom. The number of rotatable bonds is 8. The molecule has 2 aromatic rings. The van der Waals surface area contributed by atoms with E-state index in [1.165, 1.54) is 37.4 Å². The Balaban J connectivity index is 1.73. The van der Waals surface area contributed by atoms with Gasteiger partial charge in [-0.1, -0.05) is 0 Å². The van der Waals surface area contributed by atoms with Crippen molar-refractivity contribution in [1.82, 2.24) is 5.32 Å². The molecule has 1 N–H and O–H groups in total. The number of carbonyl (C=O) groups is 1. The first-order chi connectivity index (χ1) is 13.3. The summed E-state index contributed by atoms with van der Waals surface area (Å²) < 4.78 is 53.2. The summed E-state index contributed by atoms with van der Waals surface area (Å²) in [5, 5.41) is 11.4. The second-order valence-corrected chi connectivity index (χ2v) is 5.49. The van der Waals surface area contributed by atoms with Crippen molar-refractivity contribution in [3.63, 3.8) is 0 Å². The van der Waals surface area contributed by atoms with E-state index in [2.05, 4.69) is 5.32 Å². The normalized spacial score (nSPS) is 10.7. The lowest BCUT2D eigenvalue weighted by atomic mass is 10.2. The highest BCUT2D eigenvalue weighted by Crippen LogP contribution is 2.30. The van der Waals surface area contributed by atoms with E-state index in [4.69, 9.17) is 19.5 Å². The summed E-state index contributed by atoms with van der Waals surface area (Å²) in [6.07, 6.45) is -4.40. The molecule has 0 aromatic heterocycles. The second kappa shape index (κ2) is 9.50. The van der Waals surface area contributed by atoms with Crippen LogP contribution in [0.3, 0.4) is 0 Å². The van der Waals surface area contributed by atoms with E-state index >= 15 is 0 Å². The fourth-order valence-electron chi connectivity index (χ4n) is 2.15. The molecule has 0 saturated carbocycles. The number of nitrogens with zero attached hydrogens (tertiary/aromatic N) is 1. The lowest BCUT2D eigenvalue weighted by Crippen LogP contribution is -2.32. The van der Waals surface area contributed by atoms with Crippen molar-refractivity contribution < 1.29 is 32.2 Å². The van der Waals surface area contributed by atoms with Crippen LogP contribution in [0.1, 0.15) is 11.1 Å². The summed E-state index contributed by atoms with van der Waals surface area (Å²) in [4.78, 5) is 11.8. The Bertz CT molecular complexity index is 846. The molecule has 0 aliphatic heterocycles. The first-order valence-electron chi connectivity index (χ1n) is 8.11. The zero-order valence-electron chi connectivity index (χ0n) is 14.9. The highest BCUT2D eigenvalue weighted by atomic mass is 19.4. The Labute approximate surface area is 159 Å². The molecule has 0 fully saturated rings. The van der Waals surface area contributed by atoms with Gasteiger partial charge in [0.25, 0.3) is 5.91 Å². The van der Waals surface area contributed by atoms with E-state index in [1.807, 2.05) is 6.07 Å². The van der Waals surface area contributed by atoms with Gasteiger partial charge in [0, 0.05) is 6.07 Å². The molecule has 0 bridgehead atoms. The molecule has 0 spiro atoms. The van der Waals surface area contributed by atoms with Gasteiger partial charge in [-0.25, -0.2) is 0 Å². The van der Waals surface area contributed by atoms with Crippen LogP contribution in [0.25, 0.3) is 0 Å². The molecule has 0 aliphatic carbocycles. The molecular weight excluding hydrogens is 377 g/mol. The molecule has 1 amide bonds. The van der Waals surface area contributed by atoms with Crippen molar-refractivity contribution in [2.45, 2.75) is 6.18 Å². The van der Waals surface area contributed by atoms with Gasteiger partial charge in [0.2, 0.25) is 0 Å². The van der Waals surface area contributed by atoms with Crippen molar-refractivity contribution in [3.05, 3.63) is 53.6 Å². The Hall–Kier alpha value is -3.41. The zero-order chi connectivity index (χ0) is 20.6. The van der Waals surface area contributed by atoms with E-state index < -0.39 is 17.6 Å². The smallest absolute Gasteiger partial charge is 0.416 e. The van der Waals surface area contributed by atoms with Crippen molar-refractivity contribution in [3.8, 4) is 23.3 Å². The topological polar surface area (TPSA) is 80.6 Å². The van der Waals surface area contributed by atoms with E-state index in [1.54, 1.807) is 0 Å². The van der Waals surface area contributed by atoms with Crippen molar-refractivity contribution in [2.24, 2.45) is 0 Å². The first kappa shape index (κ1) is 20.9. The number of hydrogen-bond donors (Lipinski definition) is 1. The van der Waals surface area contributed by atoms with Gasteiger partial charge in [0.1, 0.15) is 12.4 Å². The van der Waals surface area contributed by atoms with Crippen LogP contribution >= 0.6 is 0 Å². The maximum Gasteiger partial charge on any atom is 0.416 e. The van der Waals surface area contributed by atoms with Crippen LogP contribution in [0, 0.1) is 11.3 Å². The summed E-state index contributed by atoms with van der Waals surface area (Å²) in [6.45, 7) is -0.0481. The van der Waals surface area contributed by atoms with Gasteiger partial charge in [0.05, 0.1) is 30.9 Å². The number of nitrogens with one attached hydrogen (secondary N) is 1. The predicted octanol–water partition coefficient (Wildman–Crippen LogP) is 3.16. The molecule has 0 saturated heterocycles. The first-order valence-corrected chi connectivity index (χ1v) is 8.11. The van der Waals surface area contributed by atoms with Gasteiger partial charge in [-0.3, -0.25) is 4.79 Å². The minimum atomic E-state index is -4.40. The maximum absolute atomic E-state index is 12.5. The van der Waals surface area contributed by atoms with Crippen molar-refractivity contribution >= 4 is 5.91 Å². The van der Waals surface area contributed by atoms with Gasteiger partial charge in [-0.05, 0) is 36.4 Å². The third kappa shape index (κ3) is 6.09. The van der Waals surface area contributed by atoms with Gasteiger partial charge in [-0.15, -0.1) is 0 Å². The maximum atomic E-state index is 12.5. The largest absolute Gasteiger partial charge is 0.493 e. The van der Waals surface area contributed by atoms with Gasteiger partial charge >= 0.3 is 6.18 Å². The fourth-order valence-corrected chi connectivity index (χ4v) is 2.15. The van der Waals surface area contributed by atoms with Crippen LogP contribution < -0.4 is 19.5 Å². The molecule has 0 unspecified atom stereocenters. The molecule has 2 aromatic carbocycles. The van der Waals surface area contributed by atoms with E-state index in [0.717, 1.165) is 12.1 Å². The number of halogens is 3. The van der Waals surface area contributed by atoms with Gasteiger partial charge in [0.15, 0.2) is 18.1 Å². The number of benzene rings is 2. The van der Waals surface area contributed by atoms with Gasteiger partial charge < -0.3 is 19.5 Å². The average Bonchev–Trinajstić information content (AvgIpc) is 2.69. The molecule has 0 heterocycles. The fraction of sp³-hybridized carbons (Fsp3) is 0.263. The summed E-state index contributed by atoms with van der Waals surface area (Å²) in [5.41, 5.74) is -0.363. The van der Waals surface area contributed by atoms with Crippen molar-refractivity contribution in [2.75, 3.05) is 26.9 Å². The second-order valence-electron chi connectivity index (χ2n) is 5.49. The number of alkyl halides is 3. The number of hydrogen-bond acceptors (Lipinski definition) is 5. The van der Waals surface area contributed by atoms with Crippen LogP contribution in [-0.4, -0.2) is 32.8 Å². The number of carbonyl (C=O) groups excluding carboxylic acids is 1. The van der Waals surface area contributed by atoms with Gasteiger partial charge in [-0.2, -0.15) is 18.4 Å². The summed E-state index contributed by atoms with van der Waals surface area (Å²) in [6, 6.07) is 10.8. The highest BCUT2D eigenvalue weighted by molar-refractivity contribution is 5.77. The average molecular weight is 394 g/mol. The molecule has 6 nitrogen and oxygen atoms in total. The molecule has 0 radical (unpaired) electrons. The standard InChI is InChI=1S/C19H17F3N2O4/c1-26-17-10-13(11-23)2-7-16(17)28-12-18(25)24-8-9-27-15-5-3-14(4-6-15)19(20,21)22/h2-7,10H,8-9,12H2,1H3,(H,24,25). The number of ether oxygens (including phenoxy) is 3. The van der Waals surface area contributed by atoms with Crippen LogP contribution in [0.4, 0.5) is 13.2 Å². The molecule has 0 aliphatic rings. The van der Waals surface area contributed by atoms with Crippen LogP contribution in [-0.2, 0) is 11.0 Å². The Morgan fingerprint density at radius 3 is 2.43 bits per heavy atom. The van der Waals surface area contributed by atoms with Crippen LogP contribution in [0.15, 0.2) is 42.5 Å². The molecule has 9 heteroatoms. The number of methoxy groups -OCH3 is 1. The lowest BCUT2D eigenvalue weighted by molar-refractivity contribution is -0.137. The number of amides is 1. The highest BCUT2D eigenvalue weighted by Gasteiger charge is 2.29. The van der Waals surface area contributed by atoms with Crippen molar-refractivity contribution in [1.29, 1.82) is 5.26 Å². The minimum absolute atomic E-state index is 0.0806. The van der Waals surface area contributed by atoms with E-state index in [-0.39, 0.29) is 25.5 Å². The summed E-state index contributed by atoms with van der Waals surface area (Å²) >= 11 is 0. The minimum Gasteiger partial charge on any atom is -0.493 e.